The van der Waals surface area contributed by atoms with Crippen LogP contribution in [0.15, 0.2) is 22.6 Å². The zero-order chi connectivity index (χ0) is 12.4. The third-order valence-corrected chi connectivity index (χ3v) is 1.99. The Labute approximate surface area is 95.6 Å². The highest BCUT2D eigenvalue weighted by atomic mass is 16.6. The third kappa shape index (κ3) is 2.21. The molecule has 0 spiro atoms. The standard InChI is InChI=1S/C9H9N5O3/c1-5-4-7(13-10)12-9(11-5)6-2-3-8(17-6)14(15)16/h2-4H,10H2,1H3,(H,11,12,13). The summed E-state index contributed by atoms with van der Waals surface area (Å²) in [5, 5.41) is 10.5. The number of aromatic nitrogens is 2. The maximum absolute atomic E-state index is 10.5. The Bertz CT molecular complexity index is 566. The van der Waals surface area contributed by atoms with Crippen LogP contribution >= 0.6 is 0 Å². The molecular formula is C9H9N5O3. The highest BCUT2D eigenvalue weighted by Crippen LogP contribution is 2.24. The molecule has 0 amide bonds. The predicted octanol–water partition coefficient (Wildman–Crippen LogP) is 1.24. The Kier molecular flexibility index (Phi) is 2.71. The Balaban J connectivity index is 2.44. The van der Waals surface area contributed by atoms with Gasteiger partial charge < -0.3 is 9.84 Å². The van der Waals surface area contributed by atoms with Crippen molar-refractivity contribution in [3.63, 3.8) is 0 Å². The fourth-order valence-corrected chi connectivity index (χ4v) is 1.30. The van der Waals surface area contributed by atoms with Gasteiger partial charge in [0, 0.05) is 11.8 Å². The van der Waals surface area contributed by atoms with Gasteiger partial charge in [-0.15, -0.1) is 0 Å². The second kappa shape index (κ2) is 4.18. The van der Waals surface area contributed by atoms with E-state index in [0.717, 1.165) is 0 Å². The quantitative estimate of drug-likeness (QED) is 0.466. The van der Waals surface area contributed by atoms with Crippen molar-refractivity contribution in [1.82, 2.24) is 9.97 Å². The minimum atomic E-state index is -0.624. The molecule has 0 aliphatic heterocycles. The van der Waals surface area contributed by atoms with Gasteiger partial charge in [-0.1, -0.05) is 0 Å². The van der Waals surface area contributed by atoms with Gasteiger partial charge in [-0.2, -0.15) is 0 Å². The van der Waals surface area contributed by atoms with Gasteiger partial charge in [0.2, 0.25) is 0 Å². The van der Waals surface area contributed by atoms with Crippen LogP contribution in [0.4, 0.5) is 11.7 Å². The van der Waals surface area contributed by atoms with Gasteiger partial charge in [-0.25, -0.2) is 15.8 Å². The molecule has 3 N–H and O–H groups in total. The van der Waals surface area contributed by atoms with E-state index in [2.05, 4.69) is 15.4 Å². The number of aryl methyl sites for hydroxylation is 1. The summed E-state index contributed by atoms with van der Waals surface area (Å²) in [5.74, 6) is 5.76. The van der Waals surface area contributed by atoms with Gasteiger partial charge in [0.25, 0.3) is 0 Å². The summed E-state index contributed by atoms with van der Waals surface area (Å²) < 4.78 is 4.99. The first-order valence-electron chi connectivity index (χ1n) is 4.67. The van der Waals surface area contributed by atoms with Crippen molar-refractivity contribution in [2.75, 3.05) is 5.43 Å². The molecule has 0 unspecified atom stereocenters. The molecule has 88 valence electrons. The van der Waals surface area contributed by atoms with Gasteiger partial charge in [0.05, 0.1) is 6.07 Å². The summed E-state index contributed by atoms with van der Waals surface area (Å²) in [6.07, 6.45) is 0. The number of hydrogen-bond acceptors (Lipinski definition) is 7. The molecule has 8 heteroatoms. The number of hydrogen-bond donors (Lipinski definition) is 2. The minimum Gasteiger partial charge on any atom is -0.397 e. The Morgan fingerprint density at radius 1 is 1.47 bits per heavy atom. The number of nitrogens with zero attached hydrogens (tertiary/aromatic N) is 3. The van der Waals surface area contributed by atoms with E-state index in [0.29, 0.717) is 11.5 Å². The zero-order valence-corrected chi connectivity index (χ0v) is 8.88. The van der Waals surface area contributed by atoms with Crippen molar-refractivity contribution in [2.24, 2.45) is 5.84 Å². The molecule has 0 bridgehead atoms. The minimum absolute atomic E-state index is 0.219. The lowest BCUT2D eigenvalue weighted by Crippen LogP contribution is -2.09. The largest absolute Gasteiger partial charge is 0.433 e. The van der Waals surface area contributed by atoms with Gasteiger partial charge in [0.15, 0.2) is 11.6 Å². The monoisotopic (exact) mass is 235 g/mol. The maximum atomic E-state index is 10.5. The average molecular weight is 235 g/mol. The first-order chi connectivity index (χ1) is 8.10. The van der Waals surface area contributed by atoms with Crippen molar-refractivity contribution in [3.05, 3.63) is 34.0 Å². The number of hydrazine groups is 1. The van der Waals surface area contributed by atoms with E-state index in [-0.39, 0.29) is 17.5 Å². The molecular weight excluding hydrogens is 226 g/mol. The Morgan fingerprint density at radius 3 is 2.82 bits per heavy atom. The van der Waals surface area contributed by atoms with Crippen molar-refractivity contribution in [1.29, 1.82) is 0 Å². The number of nitro groups is 1. The van der Waals surface area contributed by atoms with E-state index in [4.69, 9.17) is 10.3 Å². The van der Waals surface area contributed by atoms with Crippen LogP contribution in [-0.4, -0.2) is 14.9 Å². The summed E-state index contributed by atoms with van der Waals surface area (Å²) in [4.78, 5) is 18.0. The number of rotatable bonds is 3. The fraction of sp³-hybridized carbons (Fsp3) is 0.111. The highest BCUT2D eigenvalue weighted by molar-refractivity contribution is 5.52. The highest BCUT2D eigenvalue weighted by Gasteiger charge is 2.15. The molecule has 0 aliphatic carbocycles. The molecule has 2 aromatic rings. The molecule has 2 aromatic heterocycles. The summed E-state index contributed by atoms with van der Waals surface area (Å²) in [7, 11) is 0. The molecule has 17 heavy (non-hydrogen) atoms. The molecule has 2 heterocycles. The lowest BCUT2D eigenvalue weighted by molar-refractivity contribution is -0.401. The van der Waals surface area contributed by atoms with E-state index in [1.54, 1.807) is 13.0 Å². The summed E-state index contributed by atoms with van der Waals surface area (Å²) in [6, 6.07) is 4.32. The van der Waals surface area contributed by atoms with Crippen LogP contribution in [0.2, 0.25) is 0 Å². The summed E-state index contributed by atoms with van der Waals surface area (Å²) in [6.45, 7) is 1.75. The molecule has 0 saturated heterocycles. The van der Waals surface area contributed by atoms with E-state index in [1.807, 2.05) is 0 Å². The predicted molar refractivity (Wildman–Crippen MR) is 58.9 cm³/mol. The van der Waals surface area contributed by atoms with Crippen LogP contribution in [0.1, 0.15) is 5.69 Å². The second-order valence-corrected chi connectivity index (χ2v) is 3.26. The lowest BCUT2D eigenvalue weighted by Gasteiger charge is -2.02. The van der Waals surface area contributed by atoms with E-state index in [9.17, 15) is 10.1 Å². The number of nitrogens with two attached hydrogens (primary N) is 1. The van der Waals surface area contributed by atoms with E-state index in [1.165, 1.54) is 12.1 Å². The zero-order valence-electron chi connectivity index (χ0n) is 8.88. The first-order valence-corrected chi connectivity index (χ1v) is 4.67. The molecule has 0 radical (unpaired) electrons. The molecule has 0 saturated carbocycles. The van der Waals surface area contributed by atoms with Crippen molar-refractivity contribution < 1.29 is 9.34 Å². The van der Waals surface area contributed by atoms with Crippen LogP contribution in [0.25, 0.3) is 11.6 Å². The third-order valence-electron chi connectivity index (χ3n) is 1.99. The first kappa shape index (κ1) is 11.0. The smallest absolute Gasteiger partial charge is 0.397 e. The second-order valence-electron chi connectivity index (χ2n) is 3.26. The number of nitrogen functional groups attached to an aromatic ring is 1. The normalized spacial score (nSPS) is 10.2. The molecule has 0 aliphatic rings. The van der Waals surface area contributed by atoms with Crippen LogP contribution in [0.5, 0.6) is 0 Å². The van der Waals surface area contributed by atoms with Crippen molar-refractivity contribution >= 4 is 11.7 Å². The van der Waals surface area contributed by atoms with Crippen LogP contribution in [0, 0.1) is 17.0 Å². The molecule has 0 fully saturated rings. The number of anilines is 1. The van der Waals surface area contributed by atoms with Gasteiger partial charge in [-0.05, 0) is 13.0 Å². The van der Waals surface area contributed by atoms with Crippen LogP contribution in [-0.2, 0) is 0 Å². The molecule has 8 nitrogen and oxygen atoms in total. The molecule has 0 atom stereocenters. The summed E-state index contributed by atoms with van der Waals surface area (Å²) >= 11 is 0. The van der Waals surface area contributed by atoms with Crippen LogP contribution in [0.3, 0.4) is 0 Å². The van der Waals surface area contributed by atoms with Gasteiger partial charge in [0.1, 0.15) is 10.7 Å². The number of nitrogens with one attached hydrogen (secondary N) is 1. The van der Waals surface area contributed by atoms with Crippen LogP contribution < -0.4 is 11.3 Å². The van der Waals surface area contributed by atoms with E-state index >= 15 is 0 Å². The molecule has 0 aromatic carbocycles. The Hall–Kier alpha value is -2.48. The number of furan rings is 1. The topological polar surface area (TPSA) is 120 Å². The van der Waals surface area contributed by atoms with Crippen molar-refractivity contribution in [2.45, 2.75) is 6.92 Å². The maximum Gasteiger partial charge on any atom is 0.433 e. The van der Waals surface area contributed by atoms with E-state index < -0.39 is 4.92 Å². The van der Waals surface area contributed by atoms with Crippen molar-refractivity contribution in [3.8, 4) is 11.6 Å². The molecule has 2 rings (SSSR count). The Morgan fingerprint density at radius 2 is 2.24 bits per heavy atom. The SMILES string of the molecule is Cc1cc(NN)nc(-c2ccc([N+](=O)[O-])o2)n1. The van der Waals surface area contributed by atoms with Gasteiger partial charge >= 0.3 is 5.88 Å². The fourth-order valence-electron chi connectivity index (χ4n) is 1.30. The lowest BCUT2D eigenvalue weighted by atomic mass is 10.3. The average Bonchev–Trinajstić information content (AvgIpc) is 2.77. The summed E-state index contributed by atoms with van der Waals surface area (Å²) in [5.41, 5.74) is 3.05. The van der Waals surface area contributed by atoms with Gasteiger partial charge in [-0.3, -0.25) is 10.1 Å².